The van der Waals surface area contributed by atoms with Crippen molar-refractivity contribution in [3.05, 3.63) is 0 Å². The van der Waals surface area contributed by atoms with Crippen LogP contribution in [0.2, 0.25) is 0 Å². The average molecular weight is 662 g/mol. The van der Waals surface area contributed by atoms with Crippen LogP contribution in [0.25, 0.3) is 0 Å². The maximum Gasteiger partial charge on any atom is 0.327 e. The van der Waals surface area contributed by atoms with Crippen LogP contribution in [-0.4, -0.2) is 64.3 Å². The van der Waals surface area contributed by atoms with Gasteiger partial charge < -0.3 is 24.5 Å². The number of nitrogens with zero attached hydrogens (tertiary/aromatic N) is 1. The Morgan fingerprint density at radius 1 is 0.600 bits per heavy atom. The van der Waals surface area contributed by atoms with Crippen molar-refractivity contribution >= 4 is 13.5 Å². The van der Waals surface area contributed by atoms with E-state index >= 15 is 0 Å². The fourth-order valence-electron chi connectivity index (χ4n) is 5.95. The highest BCUT2D eigenvalue weighted by molar-refractivity contribution is 7.51. The third-order valence-corrected chi connectivity index (χ3v) is 9.67. The Labute approximate surface area is 279 Å². The number of carbonyl (C=O) groups is 1. The molecule has 0 radical (unpaired) electrons. The minimum absolute atomic E-state index is 0.0441. The van der Waals surface area contributed by atoms with E-state index in [1.807, 2.05) is 0 Å². The second-order valence-corrected chi connectivity index (χ2v) is 15.3. The number of carbonyl (C=O) groups excluding carboxylic acids is 1. The van der Waals surface area contributed by atoms with Gasteiger partial charge in [0.1, 0.15) is 0 Å². The zero-order chi connectivity index (χ0) is 33.3. The molecule has 0 spiro atoms. The molecular formula is C37H76NO6P. The van der Waals surface area contributed by atoms with Gasteiger partial charge in [0.15, 0.2) is 0 Å². The highest BCUT2D eigenvalue weighted by atomic mass is 31.2. The van der Waals surface area contributed by atoms with Crippen LogP contribution in [0.1, 0.15) is 194 Å². The van der Waals surface area contributed by atoms with Gasteiger partial charge in [-0.2, -0.15) is 0 Å². The lowest BCUT2D eigenvalue weighted by molar-refractivity contribution is -0.133. The molecule has 1 amide bonds. The molecule has 3 N–H and O–H groups in total. The predicted molar refractivity (Wildman–Crippen MR) is 191 cm³/mol. The van der Waals surface area contributed by atoms with Crippen LogP contribution in [-0.2, 0) is 14.1 Å². The van der Waals surface area contributed by atoms with Gasteiger partial charge in [-0.1, -0.05) is 174 Å². The molecule has 0 rings (SSSR count). The van der Waals surface area contributed by atoms with Gasteiger partial charge >= 0.3 is 7.60 Å². The molecule has 0 aliphatic rings. The van der Waals surface area contributed by atoms with Gasteiger partial charge in [-0.3, -0.25) is 9.36 Å². The van der Waals surface area contributed by atoms with Crippen LogP contribution < -0.4 is 0 Å². The van der Waals surface area contributed by atoms with Gasteiger partial charge in [0.05, 0.1) is 18.9 Å². The van der Waals surface area contributed by atoms with Crippen LogP contribution in [0.4, 0.5) is 0 Å². The average Bonchev–Trinajstić information content (AvgIpc) is 3.00. The number of aliphatic hydroxyl groups is 1. The molecule has 45 heavy (non-hydrogen) atoms. The topological polar surface area (TPSA) is 107 Å². The predicted octanol–water partition coefficient (Wildman–Crippen LogP) is 10.3. The Morgan fingerprint density at radius 3 is 1.33 bits per heavy atom. The molecule has 0 heterocycles. The number of ether oxygens (including phenoxy) is 1. The monoisotopic (exact) mass is 662 g/mol. The number of hydrogen-bond acceptors (Lipinski definition) is 4. The van der Waals surface area contributed by atoms with Crippen molar-refractivity contribution < 1.29 is 29.0 Å². The largest absolute Gasteiger partial charge is 0.389 e. The normalized spacial score (nSPS) is 12.6. The highest BCUT2D eigenvalue weighted by Crippen LogP contribution is 2.33. The van der Waals surface area contributed by atoms with Crippen LogP contribution in [0, 0.1) is 0 Å². The van der Waals surface area contributed by atoms with E-state index in [1.165, 1.54) is 146 Å². The Kier molecular flexibility index (Phi) is 33.1. The molecular weight excluding hydrogens is 585 g/mol. The SMILES string of the molecule is CCCCCCCCCCCCCCCCOCC(O)CN(CCP(=O)(O)O)C(=O)CCCCCCCCCCCCCCC. The summed E-state index contributed by atoms with van der Waals surface area (Å²) < 4.78 is 17.1. The van der Waals surface area contributed by atoms with Crippen molar-refractivity contribution in [1.29, 1.82) is 0 Å². The fourth-order valence-corrected chi connectivity index (χ4v) is 6.45. The molecule has 7 nitrogen and oxygen atoms in total. The summed E-state index contributed by atoms with van der Waals surface area (Å²) in [6, 6.07) is 0. The van der Waals surface area contributed by atoms with Crippen molar-refractivity contribution in [2.24, 2.45) is 0 Å². The molecule has 0 bridgehead atoms. The third-order valence-electron chi connectivity index (χ3n) is 8.89. The molecule has 1 atom stereocenters. The molecule has 1 unspecified atom stereocenters. The quantitative estimate of drug-likeness (QED) is 0.0456. The van der Waals surface area contributed by atoms with E-state index in [0.717, 1.165) is 32.1 Å². The van der Waals surface area contributed by atoms with Gasteiger partial charge in [0.25, 0.3) is 0 Å². The molecule has 0 aromatic heterocycles. The summed E-state index contributed by atoms with van der Waals surface area (Å²) in [5, 5.41) is 10.5. The standard InChI is InChI=1S/C37H76NO6P/c1-3-5-7-9-11-13-15-17-19-21-23-25-27-29-32-44-35-36(39)34-38(31-33-45(41,42)43)37(40)30-28-26-24-22-20-18-16-14-12-10-8-6-4-2/h36,39H,3-35H2,1-2H3,(H2,41,42,43). The highest BCUT2D eigenvalue weighted by Gasteiger charge is 2.22. The number of hydrogen-bond donors (Lipinski definition) is 3. The molecule has 0 fully saturated rings. The number of amides is 1. The lowest BCUT2D eigenvalue weighted by Gasteiger charge is -2.25. The summed E-state index contributed by atoms with van der Waals surface area (Å²) in [5.41, 5.74) is 0. The van der Waals surface area contributed by atoms with Gasteiger partial charge in [-0.15, -0.1) is 0 Å². The second-order valence-electron chi connectivity index (χ2n) is 13.5. The van der Waals surface area contributed by atoms with Crippen molar-refractivity contribution in [2.45, 2.75) is 200 Å². The van der Waals surface area contributed by atoms with E-state index in [0.29, 0.717) is 13.0 Å². The van der Waals surface area contributed by atoms with Gasteiger partial charge in [0.2, 0.25) is 5.91 Å². The smallest absolute Gasteiger partial charge is 0.327 e. The molecule has 0 aromatic rings. The van der Waals surface area contributed by atoms with Gasteiger partial charge in [0, 0.05) is 26.1 Å². The van der Waals surface area contributed by atoms with Gasteiger partial charge in [-0.05, 0) is 12.8 Å². The first kappa shape index (κ1) is 44.5. The van der Waals surface area contributed by atoms with E-state index in [9.17, 15) is 24.3 Å². The van der Waals surface area contributed by atoms with E-state index < -0.39 is 13.7 Å². The number of aliphatic hydroxyl groups excluding tert-OH is 1. The molecule has 270 valence electrons. The molecule has 0 aromatic carbocycles. The lowest BCUT2D eigenvalue weighted by atomic mass is 10.0. The number of unbranched alkanes of at least 4 members (excludes halogenated alkanes) is 25. The summed E-state index contributed by atoms with van der Waals surface area (Å²) in [6.45, 7) is 5.25. The van der Waals surface area contributed by atoms with E-state index in [4.69, 9.17) is 4.74 Å². The first-order chi connectivity index (χ1) is 21.8. The maximum absolute atomic E-state index is 12.8. The molecule has 0 saturated carbocycles. The minimum atomic E-state index is -4.22. The summed E-state index contributed by atoms with van der Waals surface area (Å²) in [6.07, 6.45) is 33.4. The van der Waals surface area contributed by atoms with Crippen molar-refractivity contribution in [3.8, 4) is 0 Å². The minimum Gasteiger partial charge on any atom is -0.389 e. The Morgan fingerprint density at radius 2 is 0.956 bits per heavy atom. The maximum atomic E-state index is 12.8. The first-order valence-electron chi connectivity index (χ1n) is 19.4. The third kappa shape index (κ3) is 34.7. The zero-order valence-electron chi connectivity index (χ0n) is 29.9. The molecule has 0 saturated heterocycles. The van der Waals surface area contributed by atoms with Crippen molar-refractivity contribution in [3.63, 3.8) is 0 Å². The summed E-state index contributed by atoms with van der Waals surface area (Å²) >= 11 is 0. The molecule has 8 heteroatoms. The van der Waals surface area contributed by atoms with Gasteiger partial charge in [-0.25, -0.2) is 0 Å². The first-order valence-corrected chi connectivity index (χ1v) is 21.2. The van der Waals surface area contributed by atoms with Crippen LogP contribution in [0.3, 0.4) is 0 Å². The summed E-state index contributed by atoms with van der Waals surface area (Å²) in [5.74, 6) is -0.141. The van der Waals surface area contributed by atoms with E-state index in [1.54, 1.807) is 0 Å². The Balaban J connectivity index is 3.92. The van der Waals surface area contributed by atoms with E-state index in [2.05, 4.69) is 13.8 Å². The van der Waals surface area contributed by atoms with Crippen LogP contribution >= 0.6 is 7.60 Å². The second kappa shape index (κ2) is 33.4. The van der Waals surface area contributed by atoms with Crippen molar-refractivity contribution in [1.82, 2.24) is 4.90 Å². The van der Waals surface area contributed by atoms with Crippen LogP contribution in [0.15, 0.2) is 0 Å². The van der Waals surface area contributed by atoms with E-state index in [-0.39, 0.29) is 31.8 Å². The summed E-state index contributed by atoms with van der Waals surface area (Å²) in [4.78, 5) is 32.9. The Bertz CT molecular complexity index is 673. The Hall–Kier alpha value is -0.460. The molecule has 0 aliphatic carbocycles. The van der Waals surface area contributed by atoms with Crippen molar-refractivity contribution in [2.75, 3.05) is 32.5 Å². The number of rotatable bonds is 36. The summed E-state index contributed by atoms with van der Waals surface area (Å²) in [7, 11) is -4.22. The lowest BCUT2D eigenvalue weighted by Crippen LogP contribution is -2.40. The zero-order valence-corrected chi connectivity index (χ0v) is 30.8. The molecule has 0 aliphatic heterocycles. The van der Waals surface area contributed by atoms with Crippen LogP contribution in [0.5, 0.6) is 0 Å². The fraction of sp³-hybridized carbons (Fsp3) is 0.973.